The van der Waals surface area contributed by atoms with Gasteiger partial charge in [0.05, 0.1) is 6.26 Å². The maximum atomic E-state index is 11.3. The predicted octanol–water partition coefficient (Wildman–Crippen LogP) is 1.66. The Hall–Kier alpha value is -0.850. The first kappa shape index (κ1) is 16.5. The van der Waals surface area contributed by atoms with Crippen LogP contribution in [0.3, 0.4) is 0 Å². The van der Waals surface area contributed by atoms with E-state index < -0.39 is 10.0 Å². The van der Waals surface area contributed by atoms with Gasteiger partial charge in [0, 0.05) is 44.1 Å². The second-order valence-corrected chi connectivity index (χ2v) is 8.27. The standard InChI is InChI=1S/C15H27N3O2S/c1-13(2)6-10-18-8-4-5-15(18)12-17-9-7-14(11-17)16-21(3,19)20/h4-5,8,13-14,16H,6-7,9-12H2,1-3H3/t14-/m1/s1. The van der Waals surface area contributed by atoms with Gasteiger partial charge >= 0.3 is 0 Å². The van der Waals surface area contributed by atoms with Crippen LogP contribution >= 0.6 is 0 Å². The van der Waals surface area contributed by atoms with Gasteiger partial charge in [-0.15, -0.1) is 0 Å². The van der Waals surface area contributed by atoms with E-state index in [1.165, 1.54) is 18.4 Å². The summed E-state index contributed by atoms with van der Waals surface area (Å²) >= 11 is 0. The minimum Gasteiger partial charge on any atom is -0.350 e. The van der Waals surface area contributed by atoms with Gasteiger partial charge in [0.25, 0.3) is 0 Å². The lowest BCUT2D eigenvalue weighted by Gasteiger charge is -2.18. The summed E-state index contributed by atoms with van der Waals surface area (Å²) in [5.74, 6) is 0.704. The molecule has 21 heavy (non-hydrogen) atoms. The van der Waals surface area contributed by atoms with E-state index in [-0.39, 0.29) is 6.04 Å². The van der Waals surface area contributed by atoms with Crippen LogP contribution in [0, 0.1) is 5.92 Å². The zero-order valence-corrected chi connectivity index (χ0v) is 14.1. The van der Waals surface area contributed by atoms with E-state index in [4.69, 9.17) is 0 Å². The van der Waals surface area contributed by atoms with Crippen LogP contribution in [0.25, 0.3) is 0 Å². The Balaban J connectivity index is 1.87. The summed E-state index contributed by atoms with van der Waals surface area (Å²) in [5.41, 5.74) is 1.32. The average Bonchev–Trinajstić information content (AvgIpc) is 2.95. The number of sulfonamides is 1. The lowest BCUT2D eigenvalue weighted by atomic mass is 10.1. The lowest BCUT2D eigenvalue weighted by molar-refractivity contribution is 0.313. The van der Waals surface area contributed by atoms with E-state index in [1.54, 1.807) is 0 Å². The molecule has 0 bridgehead atoms. The topological polar surface area (TPSA) is 54.3 Å². The van der Waals surface area contributed by atoms with Crippen molar-refractivity contribution in [1.29, 1.82) is 0 Å². The fourth-order valence-corrected chi connectivity index (χ4v) is 3.61. The number of hydrogen-bond donors (Lipinski definition) is 1. The van der Waals surface area contributed by atoms with Crippen molar-refractivity contribution in [2.75, 3.05) is 19.3 Å². The SMILES string of the molecule is CC(C)CCn1cccc1CN1CC[C@@H](NS(C)(=O)=O)C1. The van der Waals surface area contributed by atoms with Crippen molar-refractivity contribution < 1.29 is 8.42 Å². The van der Waals surface area contributed by atoms with Crippen LogP contribution in [-0.2, 0) is 23.1 Å². The summed E-state index contributed by atoms with van der Waals surface area (Å²) in [6.45, 7) is 8.17. The molecule has 0 spiro atoms. The maximum absolute atomic E-state index is 11.3. The van der Waals surface area contributed by atoms with Gasteiger partial charge in [-0.05, 0) is 30.9 Å². The van der Waals surface area contributed by atoms with Crippen LogP contribution in [0.4, 0.5) is 0 Å². The quantitative estimate of drug-likeness (QED) is 0.833. The minimum absolute atomic E-state index is 0.0547. The molecule has 5 nitrogen and oxygen atoms in total. The third-order valence-electron chi connectivity index (χ3n) is 3.91. The fraction of sp³-hybridized carbons (Fsp3) is 0.733. The van der Waals surface area contributed by atoms with Crippen LogP contribution in [0.2, 0.25) is 0 Å². The highest BCUT2D eigenvalue weighted by Gasteiger charge is 2.25. The van der Waals surface area contributed by atoms with Crippen LogP contribution in [0.1, 0.15) is 32.4 Å². The summed E-state index contributed by atoms with van der Waals surface area (Å²) in [4.78, 5) is 2.32. The fourth-order valence-electron chi connectivity index (χ4n) is 2.81. The van der Waals surface area contributed by atoms with Crippen molar-refractivity contribution in [2.45, 2.75) is 45.8 Å². The van der Waals surface area contributed by atoms with Gasteiger partial charge in [-0.3, -0.25) is 4.90 Å². The molecule has 0 unspecified atom stereocenters. The molecule has 2 heterocycles. The molecule has 1 aromatic heterocycles. The largest absolute Gasteiger partial charge is 0.350 e. The number of likely N-dealkylation sites (tertiary alicyclic amines) is 1. The Bertz CT molecular complexity index is 551. The molecule has 1 aromatic rings. The van der Waals surface area contributed by atoms with Gasteiger partial charge in [0.15, 0.2) is 0 Å². The maximum Gasteiger partial charge on any atom is 0.208 e. The van der Waals surface area contributed by atoms with Gasteiger partial charge in [-0.25, -0.2) is 13.1 Å². The van der Waals surface area contributed by atoms with Crippen molar-refractivity contribution in [3.63, 3.8) is 0 Å². The molecule has 1 fully saturated rings. The van der Waals surface area contributed by atoms with Crippen molar-refractivity contribution in [2.24, 2.45) is 5.92 Å². The lowest BCUT2D eigenvalue weighted by Crippen LogP contribution is -2.36. The average molecular weight is 313 g/mol. The van der Waals surface area contributed by atoms with E-state index in [1.807, 2.05) is 0 Å². The normalized spacial score (nSPS) is 20.5. The summed E-state index contributed by atoms with van der Waals surface area (Å²) in [5, 5.41) is 0. The van der Waals surface area contributed by atoms with E-state index in [2.05, 4.69) is 46.4 Å². The van der Waals surface area contributed by atoms with Gasteiger partial charge in [-0.1, -0.05) is 13.8 Å². The predicted molar refractivity (Wildman–Crippen MR) is 85.5 cm³/mol. The Morgan fingerprint density at radius 3 is 2.86 bits per heavy atom. The molecule has 0 radical (unpaired) electrons. The highest BCUT2D eigenvalue weighted by atomic mass is 32.2. The van der Waals surface area contributed by atoms with E-state index in [9.17, 15) is 8.42 Å². The van der Waals surface area contributed by atoms with Gasteiger partial charge in [0.2, 0.25) is 10.0 Å². The number of rotatable bonds is 7. The molecule has 0 saturated carbocycles. The number of hydrogen-bond acceptors (Lipinski definition) is 3. The Kier molecular flexibility index (Phi) is 5.46. The van der Waals surface area contributed by atoms with Gasteiger partial charge < -0.3 is 4.57 Å². The van der Waals surface area contributed by atoms with Gasteiger partial charge in [0.1, 0.15) is 0 Å². The Labute approximate surface area is 128 Å². The van der Waals surface area contributed by atoms with Crippen molar-refractivity contribution in [1.82, 2.24) is 14.2 Å². The Morgan fingerprint density at radius 2 is 2.19 bits per heavy atom. The molecule has 1 N–H and O–H groups in total. The second kappa shape index (κ2) is 6.94. The van der Waals surface area contributed by atoms with E-state index >= 15 is 0 Å². The molecule has 1 aliphatic heterocycles. The summed E-state index contributed by atoms with van der Waals surface area (Å²) < 4.78 is 27.6. The highest BCUT2D eigenvalue weighted by Crippen LogP contribution is 2.15. The van der Waals surface area contributed by atoms with Crippen molar-refractivity contribution >= 4 is 10.0 Å². The summed E-state index contributed by atoms with van der Waals surface area (Å²) in [6, 6.07) is 4.31. The molecule has 1 saturated heterocycles. The van der Waals surface area contributed by atoms with Crippen LogP contribution in [-0.4, -0.2) is 43.3 Å². The molecule has 2 rings (SSSR count). The minimum atomic E-state index is -3.10. The third kappa shape index (κ3) is 5.45. The highest BCUT2D eigenvalue weighted by molar-refractivity contribution is 7.88. The number of aromatic nitrogens is 1. The van der Waals surface area contributed by atoms with Crippen LogP contribution in [0.5, 0.6) is 0 Å². The number of nitrogens with one attached hydrogen (secondary N) is 1. The molecule has 0 aromatic carbocycles. The monoisotopic (exact) mass is 313 g/mol. The Morgan fingerprint density at radius 1 is 1.43 bits per heavy atom. The van der Waals surface area contributed by atoms with Crippen molar-refractivity contribution in [3.8, 4) is 0 Å². The number of nitrogens with zero attached hydrogens (tertiary/aromatic N) is 2. The summed E-state index contributed by atoms with van der Waals surface area (Å²) in [6.07, 6.45) is 5.44. The molecule has 1 atom stereocenters. The number of aryl methyl sites for hydroxylation is 1. The molecule has 0 aliphatic carbocycles. The van der Waals surface area contributed by atoms with E-state index in [0.29, 0.717) is 5.92 Å². The smallest absolute Gasteiger partial charge is 0.208 e. The zero-order valence-electron chi connectivity index (χ0n) is 13.2. The third-order valence-corrected chi connectivity index (χ3v) is 4.67. The molecular formula is C15H27N3O2S. The van der Waals surface area contributed by atoms with Gasteiger partial charge in [-0.2, -0.15) is 0 Å². The molecular weight excluding hydrogens is 286 g/mol. The first-order chi connectivity index (χ1) is 9.83. The molecule has 6 heteroatoms. The molecule has 0 amide bonds. The molecule has 120 valence electrons. The first-order valence-electron chi connectivity index (χ1n) is 7.67. The molecule has 1 aliphatic rings. The van der Waals surface area contributed by atoms with Crippen molar-refractivity contribution in [3.05, 3.63) is 24.0 Å². The second-order valence-electron chi connectivity index (χ2n) is 6.49. The zero-order chi connectivity index (χ0) is 15.5. The first-order valence-corrected chi connectivity index (χ1v) is 9.56. The van der Waals surface area contributed by atoms with E-state index in [0.717, 1.165) is 32.6 Å². The summed E-state index contributed by atoms with van der Waals surface area (Å²) in [7, 11) is -3.10. The van der Waals surface area contributed by atoms with Crippen LogP contribution < -0.4 is 4.72 Å². The van der Waals surface area contributed by atoms with Crippen LogP contribution in [0.15, 0.2) is 18.3 Å².